The molecule has 0 aliphatic heterocycles. The largest absolute Gasteiger partial charge is 0.545 e. The quantitative estimate of drug-likeness (QED) is 0.720. The molecule has 0 atom stereocenters. The van der Waals surface area contributed by atoms with E-state index in [0.717, 1.165) is 18.7 Å². The van der Waals surface area contributed by atoms with Crippen LogP contribution < -0.4 is 10.4 Å². The van der Waals surface area contributed by atoms with Crippen LogP contribution in [-0.2, 0) is 0 Å². The highest BCUT2D eigenvalue weighted by atomic mass is 16.4. The molecule has 0 radical (unpaired) electrons. The van der Waals surface area contributed by atoms with Crippen LogP contribution in [-0.4, -0.2) is 12.5 Å². The summed E-state index contributed by atoms with van der Waals surface area (Å²) in [7, 11) is 0. The highest BCUT2D eigenvalue weighted by molar-refractivity contribution is 5.86. The molecule has 3 heteroatoms. The molecule has 1 rings (SSSR count). The smallest absolute Gasteiger partial charge is 0.0715 e. The first-order valence-electron chi connectivity index (χ1n) is 5.29. The molecule has 82 valence electrons. The number of hydrogen-bond acceptors (Lipinski definition) is 3. The van der Waals surface area contributed by atoms with Crippen molar-refractivity contribution in [3.8, 4) is 0 Å². The number of anilines is 1. The van der Waals surface area contributed by atoms with Gasteiger partial charge in [-0.05, 0) is 24.1 Å². The van der Waals surface area contributed by atoms with Crippen molar-refractivity contribution >= 4 is 11.7 Å². The van der Waals surface area contributed by atoms with E-state index in [2.05, 4.69) is 12.2 Å². The van der Waals surface area contributed by atoms with Gasteiger partial charge < -0.3 is 15.2 Å². The molecule has 0 spiro atoms. The van der Waals surface area contributed by atoms with E-state index < -0.39 is 5.97 Å². The predicted octanol–water partition coefficient (Wildman–Crippen LogP) is 1.65. The van der Waals surface area contributed by atoms with Crippen LogP contribution in [0.1, 0.15) is 36.5 Å². The van der Waals surface area contributed by atoms with E-state index in [9.17, 15) is 9.90 Å². The maximum absolute atomic E-state index is 10.5. The molecule has 0 fully saturated rings. The minimum absolute atomic E-state index is 0.217. The first kappa shape index (κ1) is 11.6. The summed E-state index contributed by atoms with van der Waals surface area (Å²) in [5.74, 6) is -1.13. The van der Waals surface area contributed by atoms with Gasteiger partial charge in [-0.1, -0.05) is 31.9 Å². The third-order valence-corrected chi connectivity index (χ3v) is 2.23. The Morgan fingerprint density at radius 1 is 1.27 bits per heavy atom. The molecule has 0 saturated carbocycles. The molecular weight excluding hydrogens is 190 g/mol. The van der Waals surface area contributed by atoms with Gasteiger partial charge in [0.05, 0.1) is 5.97 Å². The minimum atomic E-state index is -1.13. The van der Waals surface area contributed by atoms with E-state index in [-0.39, 0.29) is 5.56 Å². The molecular formula is C12H16NO2-. The number of carboxylic acid groups (broad SMARTS) is 1. The van der Waals surface area contributed by atoms with Crippen LogP contribution in [0.25, 0.3) is 0 Å². The monoisotopic (exact) mass is 206 g/mol. The molecule has 1 aromatic carbocycles. The first-order valence-corrected chi connectivity index (χ1v) is 5.29. The third kappa shape index (κ3) is 4.02. The van der Waals surface area contributed by atoms with E-state index in [0.29, 0.717) is 0 Å². The zero-order valence-corrected chi connectivity index (χ0v) is 8.95. The van der Waals surface area contributed by atoms with Crippen LogP contribution in [0, 0.1) is 0 Å². The van der Waals surface area contributed by atoms with Gasteiger partial charge in [-0.15, -0.1) is 0 Å². The lowest BCUT2D eigenvalue weighted by Crippen LogP contribution is -2.21. The summed E-state index contributed by atoms with van der Waals surface area (Å²) in [6.07, 6.45) is 3.55. The average Bonchev–Trinajstić information content (AvgIpc) is 2.25. The number of hydrogen-bond donors (Lipinski definition) is 1. The van der Waals surface area contributed by atoms with Crippen molar-refractivity contribution < 1.29 is 9.90 Å². The van der Waals surface area contributed by atoms with Gasteiger partial charge in [0.25, 0.3) is 0 Å². The number of unbranched alkanes of at least 4 members (excludes halogenated alkanes) is 2. The second-order valence-corrected chi connectivity index (χ2v) is 3.50. The zero-order chi connectivity index (χ0) is 11.1. The summed E-state index contributed by atoms with van der Waals surface area (Å²) in [4.78, 5) is 10.5. The Balaban J connectivity index is 2.39. The Labute approximate surface area is 90.1 Å². The fraction of sp³-hybridized carbons (Fsp3) is 0.417. The molecule has 0 aliphatic carbocycles. The highest BCUT2D eigenvalue weighted by Crippen LogP contribution is 2.09. The van der Waals surface area contributed by atoms with E-state index in [4.69, 9.17) is 0 Å². The van der Waals surface area contributed by atoms with Crippen LogP contribution in [0.15, 0.2) is 24.3 Å². The molecule has 0 bridgehead atoms. The number of nitrogens with one attached hydrogen (secondary N) is 1. The van der Waals surface area contributed by atoms with E-state index in [1.165, 1.54) is 12.8 Å². The number of rotatable bonds is 6. The normalized spacial score (nSPS) is 9.93. The number of aromatic carboxylic acids is 1. The van der Waals surface area contributed by atoms with Gasteiger partial charge in [-0.2, -0.15) is 0 Å². The maximum atomic E-state index is 10.5. The number of carbonyl (C=O) groups excluding carboxylic acids is 1. The molecule has 0 aromatic heterocycles. The number of benzene rings is 1. The zero-order valence-electron chi connectivity index (χ0n) is 8.95. The number of carbonyl (C=O) groups is 1. The van der Waals surface area contributed by atoms with Crippen LogP contribution >= 0.6 is 0 Å². The van der Waals surface area contributed by atoms with Crippen molar-refractivity contribution in [2.45, 2.75) is 26.2 Å². The Hall–Kier alpha value is -1.51. The van der Waals surface area contributed by atoms with E-state index >= 15 is 0 Å². The maximum Gasteiger partial charge on any atom is 0.0715 e. The van der Waals surface area contributed by atoms with E-state index in [1.807, 2.05) is 0 Å². The summed E-state index contributed by atoms with van der Waals surface area (Å²) in [5, 5.41) is 13.7. The van der Waals surface area contributed by atoms with Gasteiger partial charge >= 0.3 is 0 Å². The molecule has 3 nitrogen and oxygen atoms in total. The van der Waals surface area contributed by atoms with Crippen molar-refractivity contribution in [1.82, 2.24) is 0 Å². The van der Waals surface area contributed by atoms with Crippen molar-refractivity contribution in [3.05, 3.63) is 29.8 Å². The van der Waals surface area contributed by atoms with Gasteiger partial charge in [0, 0.05) is 12.2 Å². The van der Waals surface area contributed by atoms with E-state index in [1.54, 1.807) is 24.3 Å². The summed E-state index contributed by atoms with van der Waals surface area (Å²) in [6, 6.07) is 6.63. The first-order chi connectivity index (χ1) is 7.24. The van der Waals surface area contributed by atoms with Crippen LogP contribution in [0.2, 0.25) is 0 Å². The molecule has 0 heterocycles. The second-order valence-electron chi connectivity index (χ2n) is 3.50. The fourth-order valence-corrected chi connectivity index (χ4v) is 1.33. The fourth-order valence-electron chi connectivity index (χ4n) is 1.33. The number of carboxylic acids is 1. The van der Waals surface area contributed by atoms with Crippen LogP contribution in [0.5, 0.6) is 0 Å². The highest BCUT2D eigenvalue weighted by Gasteiger charge is 1.94. The Bertz CT molecular complexity index is 306. The van der Waals surface area contributed by atoms with Gasteiger partial charge in [-0.3, -0.25) is 0 Å². The Kier molecular flexibility index (Phi) is 4.68. The predicted molar refractivity (Wildman–Crippen MR) is 58.8 cm³/mol. The summed E-state index contributed by atoms with van der Waals surface area (Å²) < 4.78 is 0. The van der Waals surface area contributed by atoms with Crippen molar-refractivity contribution in [2.75, 3.05) is 11.9 Å². The summed E-state index contributed by atoms with van der Waals surface area (Å²) in [6.45, 7) is 3.09. The van der Waals surface area contributed by atoms with Gasteiger partial charge in [0.2, 0.25) is 0 Å². The van der Waals surface area contributed by atoms with Crippen LogP contribution in [0.3, 0.4) is 0 Å². The lowest BCUT2D eigenvalue weighted by molar-refractivity contribution is -0.255. The van der Waals surface area contributed by atoms with Crippen molar-refractivity contribution in [3.63, 3.8) is 0 Å². The molecule has 1 aromatic rings. The molecule has 0 unspecified atom stereocenters. The van der Waals surface area contributed by atoms with Gasteiger partial charge in [0.1, 0.15) is 0 Å². The Morgan fingerprint density at radius 3 is 2.47 bits per heavy atom. The average molecular weight is 206 g/mol. The summed E-state index contributed by atoms with van der Waals surface area (Å²) >= 11 is 0. The Morgan fingerprint density at radius 2 is 1.93 bits per heavy atom. The lowest BCUT2D eigenvalue weighted by Gasteiger charge is -2.07. The molecule has 0 amide bonds. The topological polar surface area (TPSA) is 52.2 Å². The molecule has 0 saturated heterocycles. The standard InChI is InChI=1S/C12H17NO2/c1-2-3-4-9-13-11-7-5-10(6-8-11)12(14)15/h5-8,13H,2-4,9H2,1H3,(H,14,15)/p-1. The minimum Gasteiger partial charge on any atom is -0.545 e. The lowest BCUT2D eigenvalue weighted by atomic mass is 10.2. The van der Waals surface area contributed by atoms with Gasteiger partial charge in [0.15, 0.2) is 0 Å². The molecule has 15 heavy (non-hydrogen) atoms. The van der Waals surface area contributed by atoms with Gasteiger partial charge in [-0.25, -0.2) is 0 Å². The van der Waals surface area contributed by atoms with Crippen molar-refractivity contribution in [1.29, 1.82) is 0 Å². The SMILES string of the molecule is CCCCCNc1ccc(C(=O)[O-])cc1. The molecule has 0 aliphatic rings. The third-order valence-electron chi connectivity index (χ3n) is 2.23. The second kappa shape index (κ2) is 6.06. The summed E-state index contributed by atoms with van der Waals surface area (Å²) in [5.41, 5.74) is 1.17. The van der Waals surface area contributed by atoms with Crippen molar-refractivity contribution in [2.24, 2.45) is 0 Å². The molecule has 1 N–H and O–H groups in total. The van der Waals surface area contributed by atoms with Crippen LogP contribution in [0.4, 0.5) is 5.69 Å².